The zero-order valence-electron chi connectivity index (χ0n) is 8.95. The summed E-state index contributed by atoms with van der Waals surface area (Å²) in [6, 6.07) is 3.24. The van der Waals surface area contributed by atoms with Gasteiger partial charge in [-0.15, -0.1) is 11.3 Å². The molecular weight excluding hydrogens is 272 g/mol. The fourth-order valence-corrected chi connectivity index (χ4v) is 3.60. The number of thiophene rings is 1. The molecule has 84 valence electrons. The molecule has 2 N–H and O–H groups in total. The smallest absolute Gasteiger partial charge is 0.0331 e. The van der Waals surface area contributed by atoms with Crippen molar-refractivity contribution in [2.45, 2.75) is 38.4 Å². The lowest BCUT2D eigenvalue weighted by molar-refractivity contribution is 0.141. The van der Waals surface area contributed by atoms with E-state index in [2.05, 4.69) is 39.2 Å². The molecule has 0 radical (unpaired) electrons. The summed E-state index contributed by atoms with van der Waals surface area (Å²) in [4.78, 5) is 3.96. The molecule has 4 heteroatoms. The second kappa shape index (κ2) is 4.95. The first kappa shape index (κ1) is 11.6. The molecule has 2 atom stereocenters. The Hall–Kier alpha value is 0.1000. The molecule has 0 saturated carbocycles. The molecule has 1 saturated heterocycles. The zero-order chi connectivity index (χ0) is 10.8. The minimum absolute atomic E-state index is 0.409. The molecule has 2 nitrogen and oxygen atoms in total. The molecule has 1 fully saturated rings. The Bertz CT molecular complexity index is 326. The van der Waals surface area contributed by atoms with Crippen LogP contribution in [0.15, 0.2) is 15.9 Å². The maximum absolute atomic E-state index is 5.95. The van der Waals surface area contributed by atoms with Gasteiger partial charge in [0.1, 0.15) is 0 Å². The number of likely N-dealkylation sites (tertiary alicyclic amines) is 1. The molecule has 2 rings (SSSR count). The summed E-state index contributed by atoms with van der Waals surface area (Å²) in [5, 5.41) is 2.15. The summed E-state index contributed by atoms with van der Waals surface area (Å²) in [5.74, 6) is 0. The van der Waals surface area contributed by atoms with Crippen LogP contribution < -0.4 is 5.73 Å². The van der Waals surface area contributed by atoms with Crippen molar-refractivity contribution in [2.75, 3.05) is 6.54 Å². The minimum atomic E-state index is 0.409. The number of hydrogen-bond donors (Lipinski definition) is 1. The molecule has 1 aromatic rings. The van der Waals surface area contributed by atoms with Crippen molar-refractivity contribution in [1.29, 1.82) is 0 Å². The molecule has 15 heavy (non-hydrogen) atoms. The van der Waals surface area contributed by atoms with E-state index in [1.165, 1.54) is 9.35 Å². The lowest BCUT2D eigenvalue weighted by Gasteiger charge is -2.36. The Balaban J connectivity index is 1.94. The van der Waals surface area contributed by atoms with Crippen LogP contribution >= 0.6 is 27.3 Å². The van der Waals surface area contributed by atoms with Crippen LogP contribution in [-0.2, 0) is 6.54 Å². The summed E-state index contributed by atoms with van der Waals surface area (Å²) in [5.41, 5.74) is 5.95. The van der Waals surface area contributed by atoms with Crippen LogP contribution in [0.3, 0.4) is 0 Å². The van der Waals surface area contributed by atoms with E-state index >= 15 is 0 Å². The standard InChI is InChI=1S/C11H17BrN2S/c1-8-4-10(13)2-3-14(8)6-11-5-9(12)7-15-11/h5,7-8,10H,2-4,6,13H2,1H3. The topological polar surface area (TPSA) is 29.3 Å². The van der Waals surface area contributed by atoms with Crippen molar-refractivity contribution in [3.8, 4) is 0 Å². The number of nitrogens with two attached hydrogens (primary N) is 1. The zero-order valence-corrected chi connectivity index (χ0v) is 11.4. The van der Waals surface area contributed by atoms with Gasteiger partial charge in [-0.2, -0.15) is 0 Å². The lowest BCUT2D eigenvalue weighted by Crippen LogP contribution is -2.44. The van der Waals surface area contributed by atoms with Crippen LogP contribution in [-0.4, -0.2) is 23.5 Å². The second-order valence-corrected chi connectivity index (χ2v) is 6.25. The lowest BCUT2D eigenvalue weighted by atomic mass is 9.99. The summed E-state index contributed by atoms with van der Waals surface area (Å²) in [6.45, 7) is 4.49. The Labute approximate surface area is 104 Å². The van der Waals surface area contributed by atoms with E-state index < -0.39 is 0 Å². The van der Waals surface area contributed by atoms with Crippen LogP contribution in [0.4, 0.5) is 0 Å². The quantitative estimate of drug-likeness (QED) is 0.907. The average molecular weight is 289 g/mol. The van der Waals surface area contributed by atoms with Crippen molar-refractivity contribution in [3.63, 3.8) is 0 Å². The number of piperidine rings is 1. The van der Waals surface area contributed by atoms with Gasteiger partial charge in [0.15, 0.2) is 0 Å². The molecule has 0 spiro atoms. The number of hydrogen-bond acceptors (Lipinski definition) is 3. The Kier molecular flexibility index (Phi) is 3.83. The fraction of sp³-hybridized carbons (Fsp3) is 0.636. The summed E-state index contributed by atoms with van der Waals surface area (Å²) < 4.78 is 1.20. The minimum Gasteiger partial charge on any atom is -0.328 e. The molecule has 1 aliphatic rings. The number of halogens is 1. The van der Waals surface area contributed by atoms with E-state index in [9.17, 15) is 0 Å². The largest absolute Gasteiger partial charge is 0.328 e. The van der Waals surface area contributed by atoms with Crippen molar-refractivity contribution in [3.05, 3.63) is 20.8 Å². The van der Waals surface area contributed by atoms with Gasteiger partial charge >= 0.3 is 0 Å². The summed E-state index contributed by atoms with van der Waals surface area (Å²) >= 11 is 5.32. The highest BCUT2D eigenvalue weighted by Gasteiger charge is 2.23. The van der Waals surface area contributed by atoms with Gasteiger partial charge in [0.2, 0.25) is 0 Å². The van der Waals surface area contributed by atoms with Crippen molar-refractivity contribution >= 4 is 27.3 Å². The van der Waals surface area contributed by atoms with Crippen LogP contribution in [0, 0.1) is 0 Å². The van der Waals surface area contributed by atoms with Crippen LogP contribution in [0.2, 0.25) is 0 Å². The first-order valence-electron chi connectivity index (χ1n) is 5.37. The summed E-state index contributed by atoms with van der Waals surface area (Å²) in [6.07, 6.45) is 2.27. The molecule has 1 aliphatic heterocycles. The van der Waals surface area contributed by atoms with Gasteiger partial charge in [-0.05, 0) is 41.8 Å². The third-order valence-electron chi connectivity index (χ3n) is 3.03. The van der Waals surface area contributed by atoms with E-state index in [0.717, 1.165) is 25.9 Å². The van der Waals surface area contributed by atoms with E-state index in [1.54, 1.807) is 0 Å². The molecule has 0 amide bonds. The van der Waals surface area contributed by atoms with E-state index in [-0.39, 0.29) is 0 Å². The predicted molar refractivity (Wildman–Crippen MR) is 69.1 cm³/mol. The van der Waals surface area contributed by atoms with Gasteiger partial charge < -0.3 is 5.73 Å². The van der Waals surface area contributed by atoms with E-state index in [1.807, 2.05) is 11.3 Å². The second-order valence-electron chi connectivity index (χ2n) is 4.34. The van der Waals surface area contributed by atoms with Gasteiger partial charge in [-0.25, -0.2) is 0 Å². The van der Waals surface area contributed by atoms with E-state index in [4.69, 9.17) is 5.73 Å². The summed E-state index contributed by atoms with van der Waals surface area (Å²) in [7, 11) is 0. The first-order chi connectivity index (χ1) is 7.15. The van der Waals surface area contributed by atoms with Gasteiger partial charge in [0.05, 0.1) is 0 Å². The molecular formula is C11H17BrN2S. The molecule has 2 unspecified atom stereocenters. The molecule has 0 aromatic carbocycles. The normalized spacial score (nSPS) is 28.2. The number of rotatable bonds is 2. The van der Waals surface area contributed by atoms with Gasteiger partial charge in [0.25, 0.3) is 0 Å². The Morgan fingerprint density at radius 3 is 3.07 bits per heavy atom. The predicted octanol–water partition coefficient (Wildman–Crippen LogP) is 2.82. The third-order valence-corrected chi connectivity index (χ3v) is 4.72. The van der Waals surface area contributed by atoms with Crippen molar-refractivity contribution in [2.24, 2.45) is 5.73 Å². The van der Waals surface area contributed by atoms with Crippen LogP contribution in [0.1, 0.15) is 24.6 Å². The molecule has 1 aromatic heterocycles. The van der Waals surface area contributed by atoms with Crippen LogP contribution in [0.25, 0.3) is 0 Å². The molecule has 0 aliphatic carbocycles. The van der Waals surface area contributed by atoms with Crippen molar-refractivity contribution < 1.29 is 0 Å². The van der Waals surface area contributed by atoms with Crippen LogP contribution in [0.5, 0.6) is 0 Å². The third kappa shape index (κ3) is 3.03. The van der Waals surface area contributed by atoms with Gasteiger partial charge in [0, 0.05) is 39.9 Å². The maximum atomic E-state index is 5.95. The highest BCUT2D eigenvalue weighted by Crippen LogP contribution is 2.24. The Morgan fingerprint density at radius 1 is 1.67 bits per heavy atom. The number of nitrogens with zero attached hydrogens (tertiary/aromatic N) is 1. The molecule has 0 bridgehead atoms. The van der Waals surface area contributed by atoms with Gasteiger partial charge in [-0.1, -0.05) is 0 Å². The average Bonchev–Trinajstić information content (AvgIpc) is 2.56. The molecule has 2 heterocycles. The maximum Gasteiger partial charge on any atom is 0.0331 e. The SMILES string of the molecule is CC1CC(N)CCN1Cc1cc(Br)cs1. The fourth-order valence-electron chi connectivity index (χ4n) is 2.13. The van der Waals surface area contributed by atoms with E-state index in [0.29, 0.717) is 12.1 Å². The first-order valence-corrected chi connectivity index (χ1v) is 7.05. The highest BCUT2D eigenvalue weighted by molar-refractivity contribution is 9.10. The van der Waals surface area contributed by atoms with Gasteiger partial charge in [-0.3, -0.25) is 4.90 Å². The van der Waals surface area contributed by atoms with Crippen molar-refractivity contribution in [1.82, 2.24) is 4.90 Å². The Morgan fingerprint density at radius 2 is 2.47 bits per heavy atom. The monoisotopic (exact) mass is 288 g/mol. The highest BCUT2D eigenvalue weighted by atomic mass is 79.9.